The molecule has 1 fully saturated rings. The van der Waals surface area contributed by atoms with Crippen molar-refractivity contribution in [1.82, 2.24) is 5.06 Å². The molecule has 1 heterocycles. The van der Waals surface area contributed by atoms with Crippen molar-refractivity contribution in [3.8, 4) is 0 Å². The lowest BCUT2D eigenvalue weighted by Gasteiger charge is -2.51. The second kappa shape index (κ2) is 8.72. The molecule has 1 aliphatic heterocycles. The van der Waals surface area contributed by atoms with Crippen molar-refractivity contribution in [3.63, 3.8) is 0 Å². The van der Waals surface area contributed by atoms with Crippen LogP contribution in [0.15, 0.2) is 18.2 Å². The summed E-state index contributed by atoms with van der Waals surface area (Å²) in [6.07, 6.45) is 0.649. The highest BCUT2D eigenvalue weighted by atomic mass is 35.5. The molecule has 3 rings (SSSR count). The van der Waals surface area contributed by atoms with Crippen molar-refractivity contribution in [1.29, 1.82) is 0 Å². The minimum Gasteiger partial charge on any atom is -0.413 e. The number of halogens is 1. The molecule has 4 atom stereocenters. The van der Waals surface area contributed by atoms with Gasteiger partial charge >= 0.3 is 5.97 Å². The van der Waals surface area contributed by atoms with Gasteiger partial charge in [0, 0.05) is 16.5 Å². The van der Waals surface area contributed by atoms with E-state index in [0.717, 1.165) is 10.6 Å². The van der Waals surface area contributed by atoms with Crippen LogP contribution in [0.3, 0.4) is 0 Å². The first kappa shape index (κ1) is 24.6. The first-order valence-corrected chi connectivity index (χ1v) is 14.1. The molecule has 0 spiro atoms. The van der Waals surface area contributed by atoms with Gasteiger partial charge in [-0.25, -0.2) is 4.79 Å². The Morgan fingerprint density at radius 1 is 1.28 bits per heavy atom. The number of aldehydes is 1. The predicted molar refractivity (Wildman–Crippen MR) is 122 cm³/mol. The number of nitrogens with zero attached hydrogens (tertiary/aromatic N) is 1. The Labute approximate surface area is 194 Å². The molecular weight excluding hydrogens is 450 g/mol. The maximum atomic E-state index is 13.4. The Morgan fingerprint density at radius 2 is 1.94 bits per heavy atom. The van der Waals surface area contributed by atoms with Gasteiger partial charge in [-0.05, 0) is 55.6 Å². The summed E-state index contributed by atoms with van der Waals surface area (Å²) in [5.41, 5.74) is 1.42. The van der Waals surface area contributed by atoms with E-state index >= 15 is 0 Å². The Hall–Kier alpha value is -2.03. The molecule has 7 nitrogen and oxygen atoms in total. The van der Waals surface area contributed by atoms with E-state index in [9.17, 15) is 19.2 Å². The molecule has 0 N–H and O–H groups in total. The Balaban J connectivity index is 1.92. The molecule has 32 heavy (non-hydrogen) atoms. The standard InChI is InChI=1S/C23H30ClNO6Si/c1-13(31-32(5,6)23(2,3)4)19-20(25(22(19)29)30-18(27)12-26)16-10-8-14-7-9-15(24)11-17(14)21(16)28/h7,9,11-13,16,19-20H,8,10H2,1-6H3/t13-,16+,19-,20-/m1/s1. The zero-order valence-corrected chi connectivity index (χ0v) is 21.1. The number of Topliss-reactive ketones (excluding diaryl/α,β-unsaturated/α-hetero) is 1. The zero-order valence-electron chi connectivity index (χ0n) is 19.3. The molecule has 0 unspecified atom stereocenters. The molecule has 0 radical (unpaired) electrons. The number of amides is 1. The van der Waals surface area contributed by atoms with E-state index in [-0.39, 0.29) is 17.1 Å². The van der Waals surface area contributed by atoms with Crippen LogP contribution < -0.4 is 0 Å². The maximum absolute atomic E-state index is 13.4. The number of hydrogen-bond acceptors (Lipinski definition) is 6. The van der Waals surface area contributed by atoms with Gasteiger partial charge in [-0.3, -0.25) is 14.4 Å². The lowest BCUT2D eigenvalue weighted by molar-refractivity contribution is -0.247. The third-order valence-electron chi connectivity index (χ3n) is 7.03. The van der Waals surface area contributed by atoms with Crippen LogP contribution in [0, 0.1) is 11.8 Å². The minimum absolute atomic E-state index is 0.00495. The second-order valence-electron chi connectivity index (χ2n) is 10.1. The van der Waals surface area contributed by atoms with Crippen molar-refractivity contribution >= 4 is 43.9 Å². The van der Waals surface area contributed by atoms with E-state index in [0.29, 0.717) is 23.4 Å². The van der Waals surface area contributed by atoms with Gasteiger partial charge in [0.05, 0.1) is 18.1 Å². The average Bonchev–Trinajstić information content (AvgIpc) is 2.69. The van der Waals surface area contributed by atoms with Crippen molar-refractivity contribution in [2.24, 2.45) is 11.8 Å². The fourth-order valence-corrected chi connectivity index (χ4v) is 5.90. The van der Waals surface area contributed by atoms with Gasteiger partial charge in [-0.15, -0.1) is 0 Å². The lowest BCUT2D eigenvalue weighted by Crippen LogP contribution is -2.69. The quantitative estimate of drug-likeness (QED) is 0.265. The molecule has 2 aliphatic rings. The second-order valence-corrected chi connectivity index (χ2v) is 15.3. The van der Waals surface area contributed by atoms with Crippen LogP contribution in [-0.2, 0) is 30.1 Å². The monoisotopic (exact) mass is 479 g/mol. The first-order valence-electron chi connectivity index (χ1n) is 10.8. The number of rotatable bonds is 6. The number of fused-ring (bicyclic) bond motifs is 1. The molecular formula is C23H30ClNO6Si. The van der Waals surface area contributed by atoms with Crippen LogP contribution >= 0.6 is 11.6 Å². The molecule has 174 valence electrons. The third-order valence-corrected chi connectivity index (χ3v) is 11.8. The summed E-state index contributed by atoms with van der Waals surface area (Å²) >= 11 is 6.11. The van der Waals surface area contributed by atoms with E-state index in [4.69, 9.17) is 20.9 Å². The largest absolute Gasteiger partial charge is 0.413 e. The van der Waals surface area contributed by atoms with Crippen LogP contribution in [0.4, 0.5) is 0 Å². The SMILES string of the molecule is C[C@@H](O[Si](C)(C)C(C)(C)C)[C@H]1C(=O)N(OC(=O)C=O)[C@@H]1[C@@H]1CCc2ccc(Cl)cc2C1=O. The number of carbonyl (C=O) groups is 4. The van der Waals surface area contributed by atoms with E-state index in [1.165, 1.54) is 0 Å². The van der Waals surface area contributed by atoms with Gasteiger partial charge in [0.15, 0.2) is 14.1 Å². The summed E-state index contributed by atoms with van der Waals surface area (Å²) < 4.78 is 6.45. The Bertz CT molecular complexity index is 956. The van der Waals surface area contributed by atoms with Gasteiger partial charge in [-0.2, -0.15) is 5.06 Å². The first-order chi connectivity index (χ1) is 14.8. The summed E-state index contributed by atoms with van der Waals surface area (Å²) in [5.74, 6) is -3.03. The molecule has 1 aromatic rings. The van der Waals surface area contributed by atoms with Crippen LogP contribution in [0.1, 0.15) is 50.0 Å². The summed E-state index contributed by atoms with van der Waals surface area (Å²) in [7, 11) is -2.20. The van der Waals surface area contributed by atoms with Crippen molar-refractivity contribution in [3.05, 3.63) is 34.3 Å². The molecule has 9 heteroatoms. The molecule has 0 bridgehead atoms. The van der Waals surface area contributed by atoms with Crippen LogP contribution in [0.2, 0.25) is 23.2 Å². The van der Waals surface area contributed by atoms with E-state index in [2.05, 4.69) is 33.9 Å². The molecule has 1 aliphatic carbocycles. The highest BCUT2D eigenvalue weighted by Gasteiger charge is 2.59. The number of benzene rings is 1. The van der Waals surface area contributed by atoms with E-state index < -0.39 is 44.2 Å². The number of aryl methyl sites for hydroxylation is 1. The summed E-state index contributed by atoms with van der Waals surface area (Å²) in [4.78, 5) is 53.9. The molecule has 0 saturated carbocycles. The predicted octanol–water partition coefficient (Wildman–Crippen LogP) is 3.98. The normalized spacial score (nSPS) is 24.5. The number of ketones is 1. The average molecular weight is 480 g/mol. The lowest BCUT2D eigenvalue weighted by atomic mass is 9.70. The fourth-order valence-electron chi connectivity index (χ4n) is 4.30. The number of hydroxylamine groups is 2. The molecule has 0 aromatic heterocycles. The summed E-state index contributed by atoms with van der Waals surface area (Å²) in [6, 6.07) is 4.52. The summed E-state index contributed by atoms with van der Waals surface area (Å²) in [6.45, 7) is 12.3. The van der Waals surface area contributed by atoms with Crippen LogP contribution in [0.5, 0.6) is 0 Å². The molecule has 1 amide bonds. The molecule has 1 saturated heterocycles. The van der Waals surface area contributed by atoms with E-state index in [1.807, 2.05) is 13.0 Å². The summed E-state index contributed by atoms with van der Waals surface area (Å²) in [5, 5.41) is 1.28. The van der Waals surface area contributed by atoms with Crippen molar-refractivity contribution in [2.75, 3.05) is 0 Å². The van der Waals surface area contributed by atoms with Gasteiger partial charge in [0.25, 0.3) is 5.91 Å². The van der Waals surface area contributed by atoms with Crippen LogP contribution in [0.25, 0.3) is 0 Å². The van der Waals surface area contributed by atoms with Crippen molar-refractivity contribution < 1.29 is 28.4 Å². The minimum atomic E-state index is -2.20. The smallest absolute Gasteiger partial charge is 0.395 e. The van der Waals surface area contributed by atoms with E-state index in [1.54, 1.807) is 12.1 Å². The van der Waals surface area contributed by atoms with Crippen molar-refractivity contribution in [2.45, 2.75) is 70.8 Å². The number of carbonyl (C=O) groups excluding carboxylic acids is 4. The maximum Gasteiger partial charge on any atom is 0.395 e. The van der Waals surface area contributed by atoms with Gasteiger partial charge in [-0.1, -0.05) is 38.4 Å². The van der Waals surface area contributed by atoms with Gasteiger partial charge in [0.1, 0.15) is 0 Å². The fraction of sp³-hybridized carbons (Fsp3) is 0.565. The van der Waals surface area contributed by atoms with Gasteiger partial charge < -0.3 is 9.26 Å². The Kier molecular flexibility index (Phi) is 6.71. The highest BCUT2D eigenvalue weighted by molar-refractivity contribution is 6.74. The van der Waals surface area contributed by atoms with Crippen LogP contribution in [-0.4, -0.2) is 49.5 Å². The highest BCUT2D eigenvalue weighted by Crippen LogP contribution is 2.44. The molecule has 1 aromatic carbocycles. The number of hydrogen-bond donors (Lipinski definition) is 0. The topological polar surface area (TPSA) is 90.0 Å². The number of β-lactam (4-membered cyclic amide) rings is 1. The Morgan fingerprint density at radius 3 is 2.53 bits per heavy atom. The van der Waals surface area contributed by atoms with Gasteiger partial charge in [0.2, 0.25) is 6.29 Å². The zero-order chi connectivity index (χ0) is 24.0. The third kappa shape index (κ3) is 4.40.